The zero-order chi connectivity index (χ0) is 66.9. The molecule has 16 N–H and O–H groups in total. The first-order valence-corrected chi connectivity index (χ1v) is 32.9. The number of hydrogen-bond donors (Lipinski definition) is 16. The largest absolute Gasteiger partial charge is 0.432 e. The quantitative estimate of drug-likeness (QED) is 0.0457. The van der Waals surface area contributed by atoms with E-state index in [0.29, 0.717) is 32.1 Å². The highest BCUT2D eigenvalue weighted by atomic mass is 16.8. The first-order chi connectivity index (χ1) is 43.1. The molecule has 0 radical (unpaired) electrons. The molecule has 11 aliphatic rings. The number of carbonyl (C=O) groups excluding carboxylic acids is 1. The van der Waals surface area contributed by atoms with Crippen LogP contribution in [0.4, 0.5) is 0 Å². The van der Waals surface area contributed by atoms with Gasteiger partial charge in [-0.3, -0.25) is 4.79 Å². The third-order valence-electron chi connectivity index (χ3n) is 24.4. The van der Waals surface area contributed by atoms with Crippen LogP contribution in [0.1, 0.15) is 120 Å². The molecule has 5 aliphatic carbocycles. The number of hydrogen-bond acceptors (Lipinski definition) is 29. The van der Waals surface area contributed by atoms with Crippen LogP contribution in [0.15, 0.2) is 11.6 Å². The number of rotatable bonds is 14. The monoisotopic (exact) mass is 1320 g/mol. The van der Waals surface area contributed by atoms with Crippen molar-refractivity contribution >= 4 is 5.97 Å². The van der Waals surface area contributed by atoms with Crippen LogP contribution in [0.25, 0.3) is 0 Å². The van der Waals surface area contributed by atoms with Crippen molar-refractivity contribution < 1.29 is 143 Å². The molecule has 0 aromatic heterocycles. The van der Waals surface area contributed by atoms with E-state index in [2.05, 4.69) is 54.5 Å². The van der Waals surface area contributed by atoms with Crippen molar-refractivity contribution in [3.05, 3.63) is 11.6 Å². The van der Waals surface area contributed by atoms with Crippen LogP contribution < -0.4 is 0 Å². The molecule has 4 saturated carbocycles. The predicted octanol–water partition coefficient (Wildman–Crippen LogP) is -3.44. The van der Waals surface area contributed by atoms with Gasteiger partial charge in [0, 0.05) is 0 Å². The van der Waals surface area contributed by atoms with Gasteiger partial charge in [-0.25, -0.2) is 0 Å². The molecule has 0 unspecified atom stereocenters. The third kappa shape index (κ3) is 12.3. The second-order valence-corrected chi connectivity index (χ2v) is 30.6. The van der Waals surface area contributed by atoms with Crippen molar-refractivity contribution in [3.63, 3.8) is 0 Å². The Morgan fingerprint density at radius 1 is 0.511 bits per heavy atom. The second-order valence-electron chi connectivity index (χ2n) is 30.6. The van der Waals surface area contributed by atoms with Crippen LogP contribution in [0.2, 0.25) is 0 Å². The fourth-order valence-corrected chi connectivity index (χ4v) is 18.6. The van der Waals surface area contributed by atoms with E-state index < -0.39 is 216 Å². The summed E-state index contributed by atoms with van der Waals surface area (Å²) in [6, 6.07) is 0. The molecule has 92 heavy (non-hydrogen) atoms. The van der Waals surface area contributed by atoms with Gasteiger partial charge >= 0.3 is 5.97 Å². The molecule has 6 saturated heterocycles. The highest BCUT2D eigenvalue weighted by Gasteiger charge is 2.70. The minimum atomic E-state index is -1.99. The molecule has 0 aromatic carbocycles. The van der Waals surface area contributed by atoms with E-state index in [4.69, 9.17) is 56.8 Å². The molecule has 6 aliphatic heterocycles. The van der Waals surface area contributed by atoms with Crippen molar-refractivity contribution in [1.29, 1.82) is 0 Å². The Kier molecular flexibility index (Phi) is 20.7. The SMILES string of the molecule is C[C@@H]1O[C@@H](O[C@@H]2[C@@H](O)[C@H](O[C@@H]3[C@@H](O)[C@H](OC(=O)[C@]45CCC(C)(C)C[C@H]4C4=CC[C@H]6[C@@]7(C)CC[C@H](O[C@@H]8O[C@H](CO)[C@H](O)[C@H](O)[C@H]8O)C(C)(C)[C@H]7CC[C@@]6(C)[C@]4(C)CC5)OC[C@H]3O)OC[C@H]2O)[C@H](O)[C@H](O)[C@H]1O[C@@H]1O[C@H](CO[C@@H]2OC[C@H](O)[C@H](O)[C@H]2O)[C@H](O)[C@H](O)[C@H]1O. The lowest BCUT2D eigenvalue weighted by Gasteiger charge is -2.71. The van der Waals surface area contributed by atoms with Crippen molar-refractivity contribution in [3.8, 4) is 0 Å². The van der Waals surface area contributed by atoms with E-state index in [1.54, 1.807) is 0 Å². The number of ether oxygens (including phenoxy) is 12. The Hall–Kier alpha value is -1.87. The zero-order valence-corrected chi connectivity index (χ0v) is 53.5. The Balaban J connectivity index is 0.727. The maximum absolute atomic E-state index is 15.3. The Bertz CT molecular complexity index is 2580. The third-order valence-corrected chi connectivity index (χ3v) is 24.4. The molecular formula is C63H102O29. The van der Waals surface area contributed by atoms with Gasteiger partial charge < -0.3 is 139 Å². The molecule has 35 atom stereocenters. The average molecular weight is 1320 g/mol. The minimum Gasteiger partial charge on any atom is -0.432 e. The van der Waals surface area contributed by atoms with Gasteiger partial charge in [-0.2, -0.15) is 0 Å². The first-order valence-electron chi connectivity index (χ1n) is 32.9. The number of aliphatic hydroxyl groups is 16. The highest BCUT2D eigenvalue weighted by molar-refractivity contribution is 5.79. The van der Waals surface area contributed by atoms with Gasteiger partial charge in [-0.15, -0.1) is 0 Å². The van der Waals surface area contributed by atoms with Gasteiger partial charge in [0.15, 0.2) is 31.5 Å². The van der Waals surface area contributed by atoms with Crippen LogP contribution in [-0.2, 0) is 61.6 Å². The van der Waals surface area contributed by atoms with Crippen molar-refractivity contribution in [1.82, 2.24) is 0 Å². The first kappa shape index (κ1) is 71.4. The summed E-state index contributed by atoms with van der Waals surface area (Å²) >= 11 is 0. The van der Waals surface area contributed by atoms with Gasteiger partial charge in [0.05, 0.1) is 50.7 Å². The average Bonchev–Trinajstić information content (AvgIpc) is 0.676. The van der Waals surface area contributed by atoms with Gasteiger partial charge in [0.25, 0.3) is 0 Å². The van der Waals surface area contributed by atoms with E-state index in [1.807, 2.05) is 0 Å². The molecule has 0 aromatic rings. The summed E-state index contributed by atoms with van der Waals surface area (Å²) in [4.78, 5) is 15.3. The van der Waals surface area contributed by atoms with Gasteiger partial charge in [-0.05, 0) is 116 Å². The van der Waals surface area contributed by atoms with E-state index in [-0.39, 0.29) is 45.5 Å². The van der Waals surface area contributed by atoms with Crippen molar-refractivity contribution in [2.75, 3.05) is 33.0 Å². The van der Waals surface area contributed by atoms with Crippen LogP contribution >= 0.6 is 0 Å². The minimum absolute atomic E-state index is 0.138. The van der Waals surface area contributed by atoms with E-state index in [9.17, 15) is 81.7 Å². The van der Waals surface area contributed by atoms with Crippen molar-refractivity contribution in [2.24, 2.45) is 50.2 Å². The molecule has 0 amide bonds. The summed E-state index contributed by atoms with van der Waals surface area (Å²) in [6.45, 7) is 14.9. The Morgan fingerprint density at radius 3 is 1.71 bits per heavy atom. The number of fused-ring (bicyclic) bond motifs is 7. The number of carbonyl (C=O) groups is 1. The standard InChI is InChI=1S/C63H102O29/c1-25-48(89-56-44(76)40(72)38(70)32(87-56)24-84-51-42(74)36(68)28(65)21-81-51)41(73)45(77)54(85-25)91-50-30(67)22-82-52(46(50)78)90-49-29(66)23-83-53(47(49)79)92-57(80)63-17-15-58(2,3)19-27(63)26-9-10-34-60(6)13-12-35(88-55-43(75)39(71)37(69)31(20-64)86-55)59(4,5)33(60)11-14-62(34,8)61(26,7)16-18-63/h9,25,27-56,64-79H,10-24H2,1-8H3/t25-,27-,28-,29+,30+,31+,32+,33+,34-,35-,36-,37-,38-,39-,40-,41-,42+,43+,44+,45+,46+,47+,48-,49-,50-,51-,52-,53-,54-,55-,56-,60-,61+,62+,63-/m0/s1. The summed E-state index contributed by atoms with van der Waals surface area (Å²) in [5.41, 5.74) is -0.938. The fourth-order valence-electron chi connectivity index (χ4n) is 18.6. The smallest absolute Gasteiger partial charge is 0.315 e. The van der Waals surface area contributed by atoms with Gasteiger partial charge in [0.1, 0.15) is 122 Å². The van der Waals surface area contributed by atoms with E-state index in [1.165, 1.54) is 12.5 Å². The molecule has 528 valence electrons. The Labute approximate surface area is 534 Å². The topological polar surface area (TPSA) is 452 Å². The van der Waals surface area contributed by atoms with Gasteiger partial charge in [0.2, 0.25) is 6.29 Å². The number of esters is 1. The molecule has 10 fully saturated rings. The van der Waals surface area contributed by atoms with Crippen LogP contribution in [0.5, 0.6) is 0 Å². The van der Waals surface area contributed by atoms with Gasteiger partial charge in [-0.1, -0.05) is 60.1 Å². The Morgan fingerprint density at radius 2 is 1.04 bits per heavy atom. The highest BCUT2D eigenvalue weighted by Crippen LogP contribution is 2.76. The van der Waals surface area contributed by atoms with E-state index in [0.717, 1.165) is 32.1 Å². The van der Waals surface area contributed by atoms with Crippen molar-refractivity contribution in [2.45, 2.75) is 292 Å². The molecule has 29 heteroatoms. The second kappa shape index (κ2) is 26.7. The number of aliphatic hydroxyl groups excluding tert-OH is 16. The molecule has 0 bridgehead atoms. The summed E-state index contributed by atoms with van der Waals surface area (Å²) < 4.78 is 70.3. The number of allylic oxidation sites excluding steroid dienone is 2. The van der Waals surface area contributed by atoms with E-state index >= 15 is 4.79 Å². The molecule has 0 spiro atoms. The van der Waals surface area contributed by atoms with Crippen LogP contribution in [0.3, 0.4) is 0 Å². The maximum Gasteiger partial charge on any atom is 0.315 e. The lowest BCUT2D eigenvalue weighted by atomic mass is 9.33. The predicted molar refractivity (Wildman–Crippen MR) is 309 cm³/mol. The lowest BCUT2D eigenvalue weighted by molar-refractivity contribution is -0.378. The lowest BCUT2D eigenvalue weighted by Crippen LogP contribution is -2.66. The normalized spacial score (nSPS) is 54.3. The molecule has 11 rings (SSSR count). The van der Waals surface area contributed by atoms with Crippen LogP contribution in [0, 0.1) is 50.2 Å². The van der Waals surface area contributed by atoms with Crippen LogP contribution in [-0.4, -0.2) is 293 Å². The zero-order valence-electron chi connectivity index (χ0n) is 53.5. The molecular weight excluding hydrogens is 1220 g/mol. The summed E-state index contributed by atoms with van der Waals surface area (Å²) in [7, 11) is 0. The fraction of sp³-hybridized carbons (Fsp3) is 0.952. The summed E-state index contributed by atoms with van der Waals surface area (Å²) in [5, 5.41) is 173. The summed E-state index contributed by atoms with van der Waals surface area (Å²) in [6.07, 6.45) is -34.7. The molecule has 29 nitrogen and oxygen atoms in total. The summed E-state index contributed by atoms with van der Waals surface area (Å²) in [5.74, 6) is -0.321. The maximum atomic E-state index is 15.3. The molecule has 6 heterocycles.